The molecular formula is C82H158N12O11S. The van der Waals surface area contributed by atoms with Gasteiger partial charge < -0.3 is 75.4 Å². The van der Waals surface area contributed by atoms with Gasteiger partial charge in [0, 0.05) is 30.9 Å². The van der Waals surface area contributed by atoms with Crippen LogP contribution in [0, 0.1) is 0 Å². The second-order valence-electron chi connectivity index (χ2n) is 29.5. The van der Waals surface area contributed by atoms with Crippen LogP contribution in [-0.2, 0) is 47.8 Å². The molecule has 0 aliphatic rings. The Hall–Kier alpha value is -5.04. The van der Waals surface area contributed by atoms with Crippen molar-refractivity contribution in [1.29, 1.82) is 0 Å². The Morgan fingerprint density at radius 1 is 0.349 bits per heavy atom. The van der Waals surface area contributed by atoms with E-state index in [9.17, 15) is 43.2 Å². The largest absolute Gasteiger partial charge is 0.462 e. The van der Waals surface area contributed by atoms with Crippen molar-refractivity contribution in [3.63, 3.8) is 0 Å². The number of carbonyl (C=O) groups is 9. The summed E-state index contributed by atoms with van der Waals surface area (Å²) in [5.74, 6) is -4.88. The molecular weight excluding hydrogens is 1360 g/mol. The topological polar surface area (TPSA) is 386 Å². The van der Waals surface area contributed by atoms with E-state index in [0.717, 1.165) is 64.2 Å². The van der Waals surface area contributed by atoms with Crippen molar-refractivity contribution in [2.24, 2.45) is 28.7 Å². The van der Waals surface area contributed by atoms with Crippen LogP contribution in [0.25, 0.3) is 0 Å². The first-order chi connectivity index (χ1) is 51.5. The van der Waals surface area contributed by atoms with Gasteiger partial charge in [-0.05, 0) is 129 Å². The summed E-state index contributed by atoms with van der Waals surface area (Å²) in [6, 6.07) is -7.67. The number of primary amides is 1. The molecule has 106 heavy (non-hydrogen) atoms. The quantitative estimate of drug-likeness (QED) is 0.0153. The van der Waals surface area contributed by atoms with E-state index < -0.39 is 89.8 Å². The Kier molecular flexibility index (Phi) is 70.5. The van der Waals surface area contributed by atoms with Gasteiger partial charge in [0.15, 0.2) is 0 Å². The first-order valence-corrected chi connectivity index (χ1v) is 43.9. The molecule has 17 N–H and O–H groups in total. The molecule has 0 heterocycles. The molecule has 0 aromatic carbocycles. The highest BCUT2D eigenvalue weighted by Crippen LogP contribution is 2.19. The molecule has 0 aliphatic carbocycles. The van der Waals surface area contributed by atoms with Crippen molar-refractivity contribution in [2.45, 2.75) is 403 Å². The molecule has 0 saturated carbocycles. The smallest absolute Gasteiger partial charge is 0.315 e. The fourth-order valence-electron chi connectivity index (χ4n) is 12.9. The number of unbranched alkanes of at least 4 members (excludes halogenated alkanes) is 39. The Bertz CT molecular complexity index is 2220. The summed E-state index contributed by atoms with van der Waals surface area (Å²) in [5.41, 5.74) is 28.9. The maximum absolute atomic E-state index is 14.7. The molecule has 7 atom stereocenters. The van der Waals surface area contributed by atoms with Crippen molar-refractivity contribution in [1.82, 2.24) is 37.2 Å². The van der Waals surface area contributed by atoms with Crippen LogP contribution in [0.1, 0.15) is 361 Å². The predicted molar refractivity (Wildman–Crippen MR) is 435 cm³/mol. The number of hydrogen-bond donors (Lipinski definition) is 12. The molecule has 8 amide bonds. The number of nitrogens with two attached hydrogens (primary N) is 5. The lowest BCUT2D eigenvalue weighted by molar-refractivity contribution is -0.157. The van der Waals surface area contributed by atoms with Gasteiger partial charge in [0.2, 0.25) is 35.4 Å². The SMILES string of the molecule is C=CC[C@H](NC(=O)[C@H](CSCC(COC(=O)CCCCCCCCCCCCCCC)OC(=O)CCCCCCCCCCCCCCC)NC(=O)NCCCCCCCCCCCCCC)C(=O)N[C@@H](CCCCN)C(=O)N[C@@H](CCCCN)C(=O)N[C@@H](CCCCN)C(=O)N[C@@H](CCCCN)C(N)=O. The van der Waals surface area contributed by atoms with Crippen molar-refractivity contribution in [2.75, 3.05) is 50.8 Å². The summed E-state index contributed by atoms with van der Waals surface area (Å²) in [6.45, 7) is 12.1. The van der Waals surface area contributed by atoms with E-state index in [1.807, 2.05) is 0 Å². The lowest BCUT2D eigenvalue weighted by Crippen LogP contribution is -2.60. The van der Waals surface area contributed by atoms with Crippen LogP contribution in [0.3, 0.4) is 0 Å². The number of thioether (sulfide) groups is 1. The number of ether oxygens (including phenoxy) is 2. The van der Waals surface area contributed by atoms with E-state index in [2.05, 4.69) is 64.6 Å². The molecule has 24 heteroatoms. The minimum Gasteiger partial charge on any atom is -0.462 e. The van der Waals surface area contributed by atoms with E-state index in [4.69, 9.17) is 38.1 Å². The predicted octanol–water partition coefficient (Wildman–Crippen LogP) is 13.5. The van der Waals surface area contributed by atoms with Crippen molar-refractivity contribution >= 4 is 65.2 Å². The van der Waals surface area contributed by atoms with Crippen LogP contribution in [0.4, 0.5) is 4.79 Å². The highest BCUT2D eigenvalue weighted by molar-refractivity contribution is 7.99. The summed E-state index contributed by atoms with van der Waals surface area (Å²) < 4.78 is 11.8. The van der Waals surface area contributed by atoms with Gasteiger partial charge in [-0.2, -0.15) is 11.8 Å². The summed E-state index contributed by atoms with van der Waals surface area (Å²) >= 11 is 1.23. The molecule has 618 valence electrons. The van der Waals surface area contributed by atoms with Crippen LogP contribution >= 0.6 is 11.8 Å². The third-order valence-electron chi connectivity index (χ3n) is 19.6. The highest BCUT2D eigenvalue weighted by atomic mass is 32.2. The molecule has 0 aromatic rings. The van der Waals surface area contributed by atoms with Crippen LogP contribution < -0.4 is 65.9 Å². The third kappa shape index (κ3) is 59.9. The summed E-state index contributed by atoms with van der Waals surface area (Å²) in [4.78, 5) is 125. The number of carbonyl (C=O) groups excluding carboxylic acids is 9. The molecule has 0 fully saturated rings. The zero-order valence-electron chi connectivity index (χ0n) is 67.2. The van der Waals surface area contributed by atoms with Gasteiger partial charge in [-0.15, -0.1) is 6.58 Å². The monoisotopic (exact) mass is 1520 g/mol. The fraction of sp³-hybridized carbons (Fsp3) is 0.866. The first-order valence-electron chi connectivity index (χ1n) is 42.7. The molecule has 23 nitrogen and oxygen atoms in total. The molecule has 0 radical (unpaired) electrons. The lowest BCUT2D eigenvalue weighted by Gasteiger charge is -2.27. The fourth-order valence-corrected chi connectivity index (χ4v) is 13.9. The zero-order chi connectivity index (χ0) is 78.1. The standard InChI is InChI=1S/C82H158N12O11S/c1-5-9-12-15-18-21-24-27-29-32-35-38-41-57-74(95)104-64-67(105-75(96)58-42-39-36-33-30-28-25-22-19-16-13-10-6-2)65-106-66-73(94-82(103)88-63-51-40-37-34-31-26-23-20-17-14-11-7-3)81(102)90-69(52-8-4)77(98)91-71(55-45-49-61-85)79(100)93-72(56-46-50-62-86)80(101)92-70(54-44-48-60-84)78(99)89-68(76(87)97)53-43-47-59-83/h8,67-73H,4-7,9-66,83-86H2,1-3H3,(H2,87,97)(H,89,99)(H,90,102)(H,91,98)(H,92,101)(H,93,100)(H2,88,94,103)/t67?,68-,69-,70-,71-,72-,73-/m0/s1. The van der Waals surface area contributed by atoms with Crippen LogP contribution in [0.15, 0.2) is 12.7 Å². The number of amides is 8. The van der Waals surface area contributed by atoms with Crippen LogP contribution in [0.2, 0.25) is 0 Å². The first kappa shape index (κ1) is 101. The van der Waals surface area contributed by atoms with Crippen molar-refractivity contribution < 1.29 is 52.6 Å². The summed E-state index contributed by atoms with van der Waals surface area (Å²) in [6.07, 6.45) is 50.0. The average molecular weight is 1520 g/mol. The summed E-state index contributed by atoms with van der Waals surface area (Å²) in [7, 11) is 0. The van der Waals surface area contributed by atoms with Gasteiger partial charge >= 0.3 is 18.0 Å². The van der Waals surface area contributed by atoms with Gasteiger partial charge in [-0.1, -0.05) is 252 Å². The van der Waals surface area contributed by atoms with E-state index in [1.165, 1.54) is 185 Å². The maximum Gasteiger partial charge on any atom is 0.315 e. The van der Waals surface area contributed by atoms with E-state index in [1.54, 1.807) is 0 Å². The number of hydrogen-bond acceptors (Lipinski definition) is 16. The van der Waals surface area contributed by atoms with Crippen molar-refractivity contribution in [3.05, 3.63) is 12.7 Å². The molecule has 0 rings (SSSR count). The number of urea groups is 1. The number of esters is 2. The zero-order valence-corrected chi connectivity index (χ0v) is 68.1. The molecule has 0 bridgehead atoms. The normalized spacial score (nSPS) is 13.3. The Morgan fingerprint density at radius 3 is 1.00 bits per heavy atom. The van der Waals surface area contributed by atoms with Crippen molar-refractivity contribution in [3.8, 4) is 0 Å². The Balaban J connectivity index is 6.71. The molecule has 0 aromatic heterocycles. The lowest BCUT2D eigenvalue weighted by atomic mass is 10.0. The molecule has 0 spiro atoms. The van der Waals surface area contributed by atoms with E-state index in [0.29, 0.717) is 96.9 Å². The number of nitrogens with one attached hydrogen (secondary N) is 7. The highest BCUT2D eigenvalue weighted by Gasteiger charge is 2.34. The molecule has 0 aliphatic heterocycles. The average Bonchev–Trinajstić information content (AvgIpc) is 0.865. The van der Waals surface area contributed by atoms with Gasteiger partial charge in [-0.3, -0.25) is 38.4 Å². The van der Waals surface area contributed by atoms with Gasteiger partial charge in [0.1, 0.15) is 49.0 Å². The second-order valence-corrected chi connectivity index (χ2v) is 30.6. The van der Waals surface area contributed by atoms with Gasteiger partial charge in [0.05, 0.1) is 0 Å². The van der Waals surface area contributed by atoms with E-state index >= 15 is 0 Å². The van der Waals surface area contributed by atoms with Gasteiger partial charge in [0.25, 0.3) is 0 Å². The van der Waals surface area contributed by atoms with Crippen LogP contribution in [-0.4, -0.2) is 147 Å². The minimum absolute atomic E-state index is 0.0338. The van der Waals surface area contributed by atoms with Crippen LogP contribution in [0.5, 0.6) is 0 Å². The number of rotatable bonds is 78. The second kappa shape index (κ2) is 74.1. The third-order valence-corrected chi connectivity index (χ3v) is 20.8. The summed E-state index contributed by atoms with van der Waals surface area (Å²) in [5, 5.41) is 19.7. The molecule has 1 unspecified atom stereocenters. The maximum atomic E-state index is 14.7. The molecule has 0 saturated heterocycles. The Morgan fingerprint density at radius 2 is 0.651 bits per heavy atom. The Labute approximate surface area is 647 Å². The van der Waals surface area contributed by atoms with E-state index in [-0.39, 0.29) is 69.0 Å². The van der Waals surface area contributed by atoms with Gasteiger partial charge in [-0.25, -0.2) is 4.79 Å². The minimum atomic E-state index is -1.29.